The lowest BCUT2D eigenvalue weighted by Gasteiger charge is -1.99. The number of carbonyl (C=O) groups excluding carboxylic acids is 2. The van der Waals surface area contributed by atoms with Crippen LogP contribution in [-0.4, -0.2) is 19.2 Å². The zero-order valence-electron chi connectivity index (χ0n) is 8.14. The van der Waals surface area contributed by atoms with Gasteiger partial charge in [0.05, 0.1) is 18.4 Å². The van der Waals surface area contributed by atoms with Crippen LogP contribution in [0.4, 0.5) is 0 Å². The van der Waals surface area contributed by atoms with E-state index in [0.29, 0.717) is 11.3 Å². The van der Waals surface area contributed by atoms with E-state index in [2.05, 4.69) is 9.73 Å². The highest BCUT2D eigenvalue weighted by molar-refractivity contribution is 5.92. The first-order chi connectivity index (χ1) is 7.27. The predicted molar refractivity (Wildman–Crippen MR) is 54.6 cm³/mol. The molecule has 0 amide bonds. The Labute approximate surface area is 87.0 Å². The SMILES string of the molecule is COC(=O)C1=C/C=C\C(N=C=O)=C/C=C1. The van der Waals surface area contributed by atoms with E-state index in [1.807, 2.05) is 0 Å². The Bertz CT molecular complexity index is 421. The molecule has 0 aromatic rings. The summed E-state index contributed by atoms with van der Waals surface area (Å²) < 4.78 is 4.56. The van der Waals surface area contributed by atoms with Gasteiger partial charge in [-0.2, -0.15) is 4.99 Å². The minimum absolute atomic E-state index is 0.411. The molecule has 0 radical (unpaired) electrons. The van der Waals surface area contributed by atoms with Crippen molar-refractivity contribution >= 4 is 12.0 Å². The summed E-state index contributed by atoms with van der Waals surface area (Å²) in [4.78, 5) is 24.6. The Balaban J connectivity index is 2.90. The highest BCUT2D eigenvalue weighted by Gasteiger charge is 2.04. The molecule has 0 spiro atoms. The average molecular weight is 203 g/mol. The van der Waals surface area contributed by atoms with E-state index in [4.69, 9.17) is 0 Å². The molecule has 15 heavy (non-hydrogen) atoms. The molecule has 0 aromatic heterocycles. The van der Waals surface area contributed by atoms with Crippen molar-refractivity contribution in [3.05, 3.63) is 47.7 Å². The van der Waals surface area contributed by atoms with Crippen LogP contribution >= 0.6 is 0 Å². The van der Waals surface area contributed by atoms with Crippen LogP contribution in [0.5, 0.6) is 0 Å². The fourth-order valence-electron chi connectivity index (χ4n) is 0.993. The van der Waals surface area contributed by atoms with Gasteiger partial charge in [-0.1, -0.05) is 12.2 Å². The van der Waals surface area contributed by atoms with Gasteiger partial charge in [0.2, 0.25) is 6.08 Å². The summed E-state index contributed by atoms with van der Waals surface area (Å²) in [5, 5.41) is 0. The van der Waals surface area contributed by atoms with Gasteiger partial charge >= 0.3 is 5.97 Å². The second-order valence-corrected chi connectivity index (χ2v) is 2.63. The Morgan fingerprint density at radius 2 is 2.07 bits per heavy atom. The van der Waals surface area contributed by atoms with Crippen molar-refractivity contribution in [1.82, 2.24) is 0 Å². The van der Waals surface area contributed by atoms with E-state index < -0.39 is 5.97 Å². The van der Waals surface area contributed by atoms with E-state index >= 15 is 0 Å². The highest BCUT2D eigenvalue weighted by atomic mass is 16.5. The molecule has 0 aliphatic heterocycles. The first-order valence-corrected chi connectivity index (χ1v) is 4.21. The van der Waals surface area contributed by atoms with Crippen molar-refractivity contribution in [1.29, 1.82) is 0 Å². The Morgan fingerprint density at radius 3 is 2.73 bits per heavy atom. The molecule has 0 saturated heterocycles. The number of esters is 1. The topological polar surface area (TPSA) is 55.7 Å². The molecule has 0 heterocycles. The van der Waals surface area contributed by atoms with Crippen LogP contribution in [0.2, 0.25) is 0 Å². The first kappa shape index (κ1) is 10.9. The summed E-state index contributed by atoms with van der Waals surface area (Å²) >= 11 is 0. The van der Waals surface area contributed by atoms with Crippen molar-refractivity contribution in [2.24, 2.45) is 4.99 Å². The molecule has 76 valence electrons. The maximum absolute atomic E-state index is 11.2. The van der Waals surface area contributed by atoms with Gasteiger partial charge < -0.3 is 4.74 Å². The molecule has 1 aliphatic carbocycles. The van der Waals surface area contributed by atoms with Crippen molar-refractivity contribution in [3.8, 4) is 0 Å². The molecular formula is C11H9NO3. The van der Waals surface area contributed by atoms with Crippen molar-refractivity contribution in [2.45, 2.75) is 0 Å². The number of isocyanates is 1. The Kier molecular flexibility index (Phi) is 4.01. The molecule has 0 atom stereocenters. The van der Waals surface area contributed by atoms with Gasteiger partial charge in [-0.25, -0.2) is 9.59 Å². The van der Waals surface area contributed by atoms with Gasteiger partial charge in [0, 0.05) is 0 Å². The third kappa shape index (κ3) is 3.21. The zero-order valence-corrected chi connectivity index (χ0v) is 8.14. The highest BCUT2D eigenvalue weighted by Crippen LogP contribution is 2.07. The summed E-state index contributed by atoms with van der Waals surface area (Å²) in [5.41, 5.74) is 0.903. The summed E-state index contributed by atoms with van der Waals surface area (Å²) in [5.74, 6) is -0.411. The molecule has 4 heteroatoms. The van der Waals surface area contributed by atoms with Gasteiger partial charge in [-0.05, 0) is 24.3 Å². The van der Waals surface area contributed by atoms with E-state index in [-0.39, 0.29) is 0 Å². The van der Waals surface area contributed by atoms with Crippen LogP contribution in [0.25, 0.3) is 0 Å². The number of rotatable bonds is 2. The Hall–Kier alpha value is -2.19. The number of allylic oxidation sites excluding steroid dienone is 5. The maximum atomic E-state index is 11.2. The average Bonchev–Trinajstić information content (AvgIpc) is 2.21. The van der Waals surface area contributed by atoms with Crippen LogP contribution in [0.15, 0.2) is 52.7 Å². The van der Waals surface area contributed by atoms with Gasteiger partial charge in [-0.15, -0.1) is 0 Å². The van der Waals surface area contributed by atoms with Crippen molar-refractivity contribution in [3.63, 3.8) is 0 Å². The summed E-state index contributed by atoms with van der Waals surface area (Å²) in [6, 6.07) is 0. The van der Waals surface area contributed by atoms with Crippen LogP contribution < -0.4 is 0 Å². The zero-order chi connectivity index (χ0) is 11.1. The van der Waals surface area contributed by atoms with Crippen LogP contribution in [0, 0.1) is 0 Å². The summed E-state index contributed by atoms with van der Waals surface area (Å²) in [7, 11) is 1.32. The molecule has 0 fully saturated rings. The second kappa shape index (κ2) is 5.52. The molecule has 0 bridgehead atoms. The monoisotopic (exact) mass is 203 g/mol. The van der Waals surface area contributed by atoms with Gasteiger partial charge in [0.1, 0.15) is 0 Å². The minimum atomic E-state index is -0.411. The van der Waals surface area contributed by atoms with E-state index in [0.717, 1.165) is 0 Å². The number of carbonyl (C=O) groups is 1. The molecule has 0 N–H and O–H groups in total. The smallest absolute Gasteiger partial charge is 0.337 e. The second-order valence-electron chi connectivity index (χ2n) is 2.63. The molecule has 1 rings (SSSR count). The molecule has 0 aromatic carbocycles. The number of hydrogen-bond donors (Lipinski definition) is 0. The van der Waals surface area contributed by atoms with Gasteiger partial charge in [-0.3, -0.25) is 0 Å². The maximum Gasteiger partial charge on any atom is 0.337 e. The third-order valence-corrected chi connectivity index (χ3v) is 1.68. The van der Waals surface area contributed by atoms with E-state index in [9.17, 15) is 9.59 Å². The number of methoxy groups -OCH3 is 1. The number of ether oxygens (including phenoxy) is 1. The quantitative estimate of drug-likeness (QED) is 0.387. The van der Waals surface area contributed by atoms with Crippen LogP contribution in [-0.2, 0) is 14.3 Å². The van der Waals surface area contributed by atoms with Crippen molar-refractivity contribution in [2.75, 3.05) is 7.11 Å². The first-order valence-electron chi connectivity index (χ1n) is 4.21. The number of nitrogens with zero attached hydrogens (tertiary/aromatic N) is 1. The molecular weight excluding hydrogens is 194 g/mol. The number of aliphatic imine (C=N–C) groups is 1. The van der Waals surface area contributed by atoms with Crippen molar-refractivity contribution < 1.29 is 14.3 Å². The van der Waals surface area contributed by atoms with Crippen LogP contribution in [0.1, 0.15) is 0 Å². The molecule has 0 saturated carbocycles. The predicted octanol–water partition coefficient (Wildman–Crippen LogP) is 1.43. The summed E-state index contributed by atoms with van der Waals surface area (Å²) in [6.45, 7) is 0. The molecule has 1 aliphatic rings. The molecule has 0 unspecified atom stereocenters. The minimum Gasteiger partial charge on any atom is -0.465 e. The third-order valence-electron chi connectivity index (χ3n) is 1.68. The number of hydrogen-bond acceptors (Lipinski definition) is 4. The lowest BCUT2D eigenvalue weighted by atomic mass is 10.2. The summed E-state index contributed by atoms with van der Waals surface area (Å²) in [6.07, 6.45) is 11.0. The fourth-order valence-corrected chi connectivity index (χ4v) is 0.993. The fraction of sp³-hybridized carbons (Fsp3) is 0.0909. The lowest BCUT2D eigenvalue weighted by Crippen LogP contribution is -2.02. The largest absolute Gasteiger partial charge is 0.465 e. The molecule has 4 nitrogen and oxygen atoms in total. The normalized spacial score (nSPS) is 19.8. The van der Waals surface area contributed by atoms with Crippen LogP contribution in [0.3, 0.4) is 0 Å². The standard InChI is InChI=1S/C11H9NO3/c1-15-11(14)9-4-2-6-10(12-8-13)7-3-5-9/h2-7H,1H3/b4-2?,5-3?,6-2-,7-3?,9-4?,9-5?,10-6?,10-7+. The van der Waals surface area contributed by atoms with Gasteiger partial charge in [0.25, 0.3) is 0 Å². The Morgan fingerprint density at radius 1 is 1.33 bits per heavy atom. The van der Waals surface area contributed by atoms with Gasteiger partial charge in [0.15, 0.2) is 0 Å². The van der Waals surface area contributed by atoms with E-state index in [1.54, 1.807) is 36.5 Å². The lowest BCUT2D eigenvalue weighted by molar-refractivity contribution is -0.135. The van der Waals surface area contributed by atoms with E-state index in [1.165, 1.54) is 13.2 Å².